The SMILES string of the molecule is N#Cc1ccc(Cn2ccc3ccccc32)cc1. The summed E-state index contributed by atoms with van der Waals surface area (Å²) < 4.78 is 2.22. The molecule has 0 aliphatic carbocycles. The highest BCUT2D eigenvalue weighted by Crippen LogP contribution is 2.16. The maximum Gasteiger partial charge on any atom is 0.0991 e. The van der Waals surface area contributed by atoms with Gasteiger partial charge < -0.3 is 4.57 Å². The summed E-state index contributed by atoms with van der Waals surface area (Å²) >= 11 is 0. The summed E-state index contributed by atoms with van der Waals surface area (Å²) in [5, 5.41) is 10.0. The van der Waals surface area contributed by atoms with Crippen LogP contribution in [0.1, 0.15) is 11.1 Å². The summed E-state index contributed by atoms with van der Waals surface area (Å²) in [4.78, 5) is 0. The van der Waals surface area contributed by atoms with Crippen LogP contribution in [-0.4, -0.2) is 4.57 Å². The van der Waals surface area contributed by atoms with Gasteiger partial charge in [0, 0.05) is 18.3 Å². The lowest BCUT2D eigenvalue weighted by atomic mass is 10.1. The molecule has 0 fully saturated rings. The third-order valence-electron chi connectivity index (χ3n) is 3.12. The van der Waals surface area contributed by atoms with Crippen molar-refractivity contribution in [1.29, 1.82) is 5.26 Å². The van der Waals surface area contributed by atoms with Gasteiger partial charge in [-0.1, -0.05) is 30.3 Å². The quantitative estimate of drug-likeness (QED) is 0.664. The van der Waals surface area contributed by atoms with E-state index in [0.717, 1.165) is 6.54 Å². The van der Waals surface area contributed by atoms with Crippen LogP contribution in [0.5, 0.6) is 0 Å². The first-order chi connectivity index (χ1) is 8.86. The van der Waals surface area contributed by atoms with Gasteiger partial charge in [0.2, 0.25) is 0 Å². The van der Waals surface area contributed by atoms with Gasteiger partial charge in [-0.2, -0.15) is 5.26 Å². The van der Waals surface area contributed by atoms with E-state index in [9.17, 15) is 0 Å². The molecule has 0 bridgehead atoms. The molecule has 86 valence electrons. The number of rotatable bonds is 2. The predicted molar refractivity (Wildman–Crippen MR) is 72.2 cm³/mol. The zero-order valence-corrected chi connectivity index (χ0v) is 9.88. The molecule has 3 rings (SSSR count). The average Bonchev–Trinajstić information content (AvgIpc) is 2.83. The Morgan fingerprint density at radius 3 is 2.50 bits per heavy atom. The topological polar surface area (TPSA) is 28.7 Å². The second-order valence-corrected chi connectivity index (χ2v) is 4.31. The molecule has 0 unspecified atom stereocenters. The van der Waals surface area contributed by atoms with Crippen molar-refractivity contribution in [3.05, 3.63) is 71.9 Å². The van der Waals surface area contributed by atoms with Crippen molar-refractivity contribution >= 4 is 10.9 Å². The van der Waals surface area contributed by atoms with Gasteiger partial charge in [0.15, 0.2) is 0 Å². The Kier molecular flexibility index (Phi) is 2.59. The van der Waals surface area contributed by atoms with Crippen molar-refractivity contribution in [3.63, 3.8) is 0 Å². The minimum absolute atomic E-state index is 0.705. The van der Waals surface area contributed by atoms with Crippen molar-refractivity contribution in [2.45, 2.75) is 6.54 Å². The second-order valence-electron chi connectivity index (χ2n) is 4.31. The first kappa shape index (κ1) is 10.6. The number of benzene rings is 2. The maximum absolute atomic E-state index is 8.77. The van der Waals surface area contributed by atoms with Crippen molar-refractivity contribution in [3.8, 4) is 6.07 Å². The Morgan fingerprint density at radius 2 is 1.72 bits per heavy atom. The number of para-hydroxylation sites is 1. The second kappa shape index (κ2) is 4.38. The molecule has 2 nitrogen and oxygen atoms in total. The Morgan fingerprint density at radius 1 is 0.944 bits per heavy atom. The van der Waals surface area contributed by atoms with Crippen LogP contribution in [0.25, 0.3) is 10.9 Å². The molecule has 2 aromatic carbocycles. The largest absolute Gasteiger partial charge is 0.343 e. The summed E-state index contributed by atoms with van der Waals surface area (Å²) in [6.45, 7) is 0.833. The van der Waals surface area contributed by atoms with E-state index in [4.69, 9.17) is 5.26 Å². The van der Waals surface area contributed by atoms with Crippen LogP contribution >= 0.6 is 0 Å². The van der Waals surface area contributed by atoms with E-state index in [1.165, 1.54) is 16.5 Å². The molecule has 0 radical (unpaired) electrons. The van der Waals surface area contributed by atoms with Crippen molar-refractivity contribution < 1.29 is 0 Å². The third-order valence-corrected chi connectivity index (χ3v) is 3.12. The number of fused-ring (bicyclic) bond motifs is 1. The molecule has 0 aliphatic rings. The minimum Gasteiger partial charge on any atom is -0.343 e. The number of nitrogens with zero attached hydrogens (tertiary/aromatic N) is 2. The zero-order valence-electron chi connectivity index (χ0n) is 9.88. The van der Waals surface area contributed by atoms with Crippen molar-refractivity contribution in [2.24, 2.45) is 0 Å². The predicted octanol–water partition coefficient (Wildman–Crippen LogP) is 3.56. The minimum atomic E-state index is 0.705. The average molecular weight is 232 g/mol. The van der Waals surface area contributed by atoms with Gasteiger partial charge in [0.05, 0.1) is 11.6 Å². The number of hydrogen-bond acceptors (Lipinski definition) is 1. The first-order valence-electron chi connectivity index (χ1n) is 5.90. The third kappa shape index (κ3) is 1.87. The van der Waals surface area contributed by atoms with Gasteiger partial charge in [0.25, 0.3) is 0 Å². The molecule has 2 heteroatoms. The van der Waals surface area contributed by atoms with E-state index in [0.29, 0.717) is 5.56 Å². The van der Waals surface area contributed by atoms with E-state index < -0.39 is 0 Å². The molecule has 0 N–H and O–H groups in total. The molecule has 1 heterocycles. The van der Waals surface area contributed by atoms with E-state index in [1.807, 2.05) is 30.3 Å². The molecule has 3 aromatic rings. The van der Waals surface area contributed by atoms with Crippen LogP contribution < -0.4 is 0 Å². The summed E-state index contributed by atoms with van der Waals surface area (Å²) in [7, 11) is 0. The molecule has 0 saturated carbocycles. The Hall–Kier alpha value is -2.53. The molecule has 0 saturated heterocycles. The number of aromatic nitrogens is 1. The van der Waals surface area contributed by atoms with Gasteiger partial charge in [-0.3, -0.25) is 0 Å². The molecule has 1 aromatic heterocycles. The lowest BCUT2D eigenvalue weighted by Crippen LogP contribution is -1.97. The highest BCUT2D eigenvalue weighted by Gasteiger charge is 2.01. The first-order valence-corrected chi connectivity index (χ1v) is 5.90. The highest BCUT2D eigenvalue weighted by atomic mass is 14.9. The van der Waals surface area contributed by atoms with Crippen LogP contribution in [-0.2, 0) is 6.54 Å². The Labute approximate surface area is 106 Å². The fourth-order valence-corrected chi connectivity index (χ4v) is 2.16. The molecule has 0 aliphatic heterocycles. The van der Waals surface area contributed by atoms with E-state index >= 15 is 0 Å². The summed E-state index contributed by atoms with van der Waals surface area (Å²) in [5.41, 5.74) is 3.15. The fourth-order valence-electron chi connectivity index (χ4n) is 2.16. The highest BCUT2D eigenvalue weighted by molar-refractivity contribution is 5.80. The van der Waals surface area contributed by atoms with Crippen LogP contribution in [0.15, 0.2) is 60.8 Å². The van der Waals surface area contributed by atoms with Crippen LogP contribution in [0.4, 0.5) is 0 Å². The van der Waals surface area contributed by atoms with E-state index in [2.05, 4.69) is 41.1 Å². The molecular formula is C16H12N2. The number of nitriles is 1. The van der Waals surface area contributed by atoms with Crippen LogP contribution in [0.3, 0.4) is 0 Å². The maximum atomic E-state index is 8.77. The molecule has 0 spiro atoms. The fraction of sp³-hybridized carbons (Fsp3) is 0.0625. The van der Waals surface area contributed by atoms with Gasteiger partial charge in [-0.05, 0) is 35.2 Å². The van der Waals surface area contributed by atoms with Crippen LogP contribution in [0.2, 0.25) is 0 Å². The zero-order chi connectivity index (χ0) is 12.4. The summed E-state index contributed by atoms with van der Waals surface area (Å²) in [5.74, 6) is 0. The van der Waals surface area contributed by atoms with Crippen molar-refractivity contribution in [1.82, 2.24) is 4.57 Å². The summed E-state index contributed by atoms with van der Waals surface area (Å²) in [6.07, 6.45) is 2.10. The molecule has 0 amide bonds. The van der Waals surface area contributed by atoms with E-state index in [1.54, 1.807) is 0 Å². The van der Waals surface area contributed by atoms with Gasteiger partial charge in [-0.25, -0.2) is 0 Å². The smallest absolute Gasteiger partial charge is 0.0991 e. The monoisotopic (exact) mass is 232 g/mol. The molecule has 0 atom stereocenters. The van der Waals surface area contributed by atoms with Gasteiger partial charge >= 0.3 is 0 Å². The van der Waals surface area contributed by atoms with Gasteiger partial charge in [0.1, 0.15) is 0 Å². The Bertz CT molecular complexity index is 715. The van der Waals surface area contributed by atoms with E-state index in [-0.39, 0.29) is 0 Å². The molecular weight excluding hydrogens is 220 g/mol. The lowest BCUT2D eigenvalue weighted by molar-refractivity contribution is 0.837. The standard InChI is InChI=1S/C16H12N2/c17-11-13-5-7-14(8-6-13)12-18-10-9-15-3-1-2-4-16(15)18/h1-10H,12H2. The summed E-state index contributed by atoms with van der Waals surface area (Å²) in [6, 6.07) is 20.3. The van der Waals surface area contributed by atoms with Crippen molar-refractivity contribution in [2.75, 3.05) is 0 Å². The van der Waals surface area contributed by atoms with Crippen LogP contribution in [0, 0.1) is 11.3 Å². The lowest BCUT2D eigenvalue weighted by Gasteiger charge is -2.05. The van der Waals surface area contributed by atoms with Gasteiger partial charge in [-0.15, -0.1) is 0 Å². The normalized spacial score (nSPS) is 10.4. The number of hydrogen-bond donors (Lipinski definition) is 0. The Balaban J connectivity index is 1.94. The molecule has 18 heavy (non-hydrogen) atoms.